The van der Waals surface area contributed by atoms with E-state index in [1.54, 1.807) is 6.21 Å². The Morgan fingerprint density at radius 1 is 0.917 bits per heavy atom. The molecule has 4 rings (SSSR count). The van der Waals surface area contributed by atoms with Crippen LogP contribution >= 0.6 is 0 Å². The van der Waals surface area contributed by atoms with Gasteiger partial charge in [-0.15, -0.1) is 0 Å². The second kappa shape index (κ2) is 5.62. The van der Waals surface area contributed by atoms with Gasteiger partial charge < -0.3 is 0 Å². The Bertz CT molecular complexity index is 1140. The first-order chi connectivity index (χ1) is 11.6. The van der Waals surface area contributed by atoms with E-state index in [4.69, 9.17) is 0 Å². The van der Waals surface area contributed by atoms with Crippen LogP contribution in [-0.4, -0.2) is 14.6 Å². The fraction of sp³-hybridized carbons (Fsp3) is 0. The third kappa shape index (κ3) is 2.81. The highest BCUT2D eigenvalue weighted by atomic mass is 32.2. The molecular formula is C19H14N2O2S. The summed E-state index contributed by atoms with van der Waals surface area (Å²) in [6.45, 7) is 0. The molecule has 3 aromatic carbocycles. The van der Waals surface area contributed by atoms with Crippen LogP contribution in [0.3, 0.4) is 0 Å². The highest BCUT2D eigenvalue weighted by Gasteiger charge is 2.10. The van der Waals surface area contributed by atoms with Crippen molar-refractivity contribution in [3.05, 3.63) is 82.7 Å². The van der Waals surface area contributed by atoms with Gasteiger partial charge in [-0.05, 0) is 39.8 Å². The van der Waals surface area contributed by atoms with Crippen molar-refractivity contribution in [2.24, 2.45) is 5.10 Å². The van der Waals surface area contributed by atoms with Gasteiger partial charge in [0.05, 0.1) is 17.3 Å². The molecule has 0 atom stereocenters. The predicted molar refractivity (Wildman–Crippen MR) is 98.3 cm³/mol. The molecule has 0 aliphatic carbocycles. The Hall–Kier alpha value is -2.92. The number of nitrogens with one attached hydrogen (secondary N) is 1. The average Bonchev–Trinajstić information content (AvgIpc) is 2.92. The van der Waals surface area contributed by atoms with Crippen LogP contribution in [-0.2, 0) is 9.84 Å². The molecule has 3 aromatic rings. The van der Waals surface area contributed by atoms with Gasteiger partial charge in [-0.1, -0.05) is 42.5 Å². The van der Waals surface area contributed by atoms with E-state index < -0.39 is 9.84 Å². The lowest BCUT2D eigenvalue weighted by atomic mass is 10.0. The maximum atomic E-state index is 11.3. The Labute approximate surface area is 139 Å². The van der Waals surface area contributed by atoms with Gasteiger partial charge in [-0.3, -0.25) is 5.43 Å². The summed E-state index contributed by atoms with van der Waals surface area (Å²) in [4.78, 5) is 0. The van der Waals surface area contributed by atoms with E-state index >= 15 is 0 Å². The van der Waals surface area contributed by atoms with Crippen LogP contribution in [0.25, 0.3) is 21.5 Å². The van der Waals surface area contributed by atoms with E-state index in [1.165, 1.54) is 16.8 Å². The third-order valence-electron chi connectivity index (χ3n) is 3.91. The minimum atomic E-state index is -3.23. The van der Waals surface area contributed by atoms with E-state index in [0.29, 0.717) is 5.70 Å². The smallest absolute Gasteiger partial charge is 0.195 e. The molecule has 118 valence electrons. The van der Waals surface area contributed by atoms with Gasteiger partial charge >= 0.3 is 0 Å². The third-order valence-corrected chi connectivity index (χ3v) is 5.00. The molecule has 0 unspecified atom stereocenters. The van der Waals surface area contributed by atoms with Crippen molar-refractivity contribution in [2.45, 2.75) is 0 Å². The molecule has 0 bridgehead atoms. The maximum absolute atomic E-state index is 11.3. The van der Waals surface area contributed by atoms with Crippen molar-refractivity contribution in [3.63, 3.8) is 0 Å². The zero-order valence-corrected chi connectivity index (χ0v) is 13.5. The van der Waals surface area contributed by atoms with Crippen molar-refractivity contribution in [1.29, 1.82) is 0 Å². The van der Waals surface area contributed by atoms with Crippen LogP contribution < -0.4 is 5.43 Å². The summed E-state index contributed by atoms with van der Waals surface area (Å²) in [5, 5.41) is 11.1. The molecule has 24 heavy (non-hydrogen) atoms. The number of nitrogens with zero attached hydrogens (tertiary/aromatic N) is 1. The van der Waals surface area contributed by atoms with Gasteiger partial charge in [0.25, 0.3) is 0 Å². The van der Waals surface area contributed by atoms with Gasteiger partial charge in [0.1, 0.15) is 0 Å². The van der Waals surface area contributed by atoms with Crippen LogP contribution in [0.5, 0.6) is 0 Å². The Morgan fingerprint density at radius 3 is 2.42 bits per heavy atom. The second-order valence-electron chi connectivity index (χ2n) is 5.60. The zero-order chi connectivity index (χ0) is 16.6. The number of fused-ring (bicyclic) bond motifs is 2. The fourth-order valence-corrected chi connectivity index (χ4v) is 3.67. The molecule has 1 N–H and O–H groups in total. The lowest BCUT2D eigenvalue weighted by Crippen LogP contribution is -2.02. The molecule has 0 spiro atoms. The summed E-state index contributed by atoms with van der Waals surface area (Å²) in [5.41, 5.74) is 4.18. The molecule has 1 heterocycles. The average molecular weight is 334 g/mol. The number of sulfone groups is 1. The van der Waals surface area contributed by atoms with E-state index in [2.05, 4.69) is 40.9 Å². The van der Waals surface area contributed by atoms with Gasteiger partial charge in [-0.2, -0.15) is 5.10 Å². The zero-order valence-electron chi connectivity index (χ0n) is 12.7. The number of benzene rings is 3. The number of hydrazone groups is 1. The van der Waals surface area contributed by atoms with Crippen LogP contribution in [0.4, 0.5) is 0 Å². The summed E-state index contributed by atoms with van der Waals surface area (Å²) in [6, 6.07) is 18.6. The topological polar surface area (TPSA) is 58.5 Å². The largest absolute Gasteiger partial charge is 0.278 e. The van der Waals surface area contributed by atoms with Crippen LogP contribution in [0, 0.1) is 0 Å². The Kier molecular flexibility index (Phi) is 3.43. The fourth-order valence-electron chi connectivity index (χ4n) is 2.77. The lowest BCUT2D eigenvalue weighted by Gasteiger charge is -2.05. The molecule has 1 aliphatic heterocycles. The molecular weight excluding hydrogens is 320 g/mol. The van der Waals surface area contributed by atoms with Gasteiger partial charge in [0.15, 0.2) is 9.84 Å². The maximum Gasteiger partial charge on any atom is 0.195 e. The summed E-state index contributed by atoms with van der Waals surface area (Å²) < 4.78 is 22.6. The van der Waals surface area contributed by atoms with Crippen molar-refractivity contribution >= 4 is 37.6 Å². The number of hydrogen-bond donors (Lipinski definition) is 1. The van der Waals surface area contributed by atoms with Crippen molar-refractivity contribution in [2.75, 3.05) is 0 Å². The number of hydrogen-bond acceptors (Lipinski definition) is 4. The van der Waals surface area contributed by atoms with Crippen LogP contribution in [0.15, 0.2) is 82.3 Å². The van der Waals surface area contributed by atoms with Gasteiger partial charge in [-0.25, -0.2) is 8.42 Å². The van der Waals surface area contributed by atoms with Crippen molar-refractivity contribution in [3.8, 4) is 0 Å². The molecule has 0 fully saturated rings. The van der Waals surface area contributed by atoms with E-state index in [1.807, 2.05) is 24.3 Å². The molecule has 0 aromatic heterocycles. The van der Waals surface area contributed by atoms with Crippen molar-refractivity contribution < 1.29 is 8.42 Å². The van der Waals surface area contributed by atoms with Crippen LogP contribution in [0.1, 0.15) is 5.56 Å². The summed E-state index contributed by atoms with van der Waals surface area (Å²) in [7, 11) is -3.23. The highest BCUT2D eigenvalue weighted by molar-refractivity contribution is 7.97. The van der Waals surface area contributed by atoms with E-state index in [9.17, 15) is 8.42 Å². The first kappa shape index (κ1) is 14.7. The second-order valence-corrected chi connectivity index (χ2v) is 7.29. The minimum absolute atomic E-state index is 0.455. The summed E-state index contributed by atoms with van der Waals surface area (Å²) >= 11 is 0. The predicted octanol–water partition coefficient (Wildman–Crippen LogP) is 3.70. The molecule has 0 saturated heterocycles. The Morgan fingerprint density at radius 2 is 1.67 bits per heavy atom. The van der Waals surface area contributed by atoms with E-state index in [-0.39, 0.29) is 0 Å². The molecule has 5 heteroatoms. The first-order valence-electron chi connectivity index (χ1n) is 7.46. The van der Waals surface area contributed by atoms with E-state index in [0.717, 1.165) is 27.2 Å². The van der Waals surface area contributed by atoms with Crippen molar-refractivity contribution in [1.82, 2.24) is 5.43 Å². The minimum Gasteiger partial charge on any atom is -0.278 e. The normalized spacial score (nSPS) is 16.1. The SMILES string of the molecule is O=S1(=O)C=CC(N/N=C/c2cccc3cc4ccccc4cc23)=C1. The lowest BCUT2D eigenvalue weighted by molar-refractivity contribution is 0.613. The molecule has 1 aliphatic rings. The highest BCUT2D eigenvalue weighted by Crippen LogP contribution is 2.24. The molecule has 0 radical (unpaired) electrons. The number of allylic oxidation sites excluding steroid dienone is 1. The first-order valence-corrected chi connectivity index (χ1v) is 9.07. The summed E-state index contributed by atoms with van der Waals surface area (Å²) in [5.74, 6) is 0. The summed E-state index contributed by atoms with van der Waals surface area (Å²) in [6.07, 6.45) is 3.19. The Balaban J connectivity index is 1.70. The van der Waals surface area contributed by atoms with Crippen LogP contribution in [0.2, 0.25) is 0 Å². The molecule has 0 amide bonds. The monoisotopic (exact) mass is 334 g/mol. The standard InChI is InChI=1S/C19H14N2O2S/c22-24(23)9-8-18(13-24)21-20-12-17-7-3-6-16-10-14-4-1-2-5-15(14)11-19(16)17/h1-13,21H/b20-12+. The quantitative estimate of drug-likeness (QED) is 0.451. The molecule has 4 nitrogen and oxygen atoms in total. The molecule has 0 saturated carbocycles. The number of rotatable bonds is 3. The van der Waals surface area contributed by atoms with Gasteiger partial charge in [0.2, 0.25) is 0 Å². The van der Waals surface area contributed by atoms with Gasteiger partial charge in [0, 0.05) is 11.0 Å².